The Morgan fingerprint density at radius 2 is 1.82 bits per heavy atom. The maximum Gasteiger partial charge on any atom is 0.224 e. The summed E-state index contributed by atoms with van der Waals surface area (Å²) in [6.07, 6.45) is 10.4. The van der Waals surface area contributed by atoms with Crippen molar-refractivity contribution in [2.75, 3.05) is 47.8 Å². The molecule has 2 heterocycles. The van der Waals surface area contributed by atoms with Crippen LogP contribution in [-0.2, 0) is 0 Å². The molecule has 148 valence electrons. The van der Waals surface area contributed by atoms with Crippen LogP contribution in [0.15, 0.2) is 48.2 Å². The average Bonchev–Trinajstić information content (AvgIpc) is 2.75. The van der Waals surface area contributed by atoms with Crippen molar-refractivity contribution in [3.8, 4) is 0 Å². The molecule has 0 bridgehead atoms. The summed E-state index contributed by atoms with van der Waals surface area (Å²) < 4.78 is 14.0. The lowest BCUT2D eigenvalue weighted by molar-refractivity contribution is 0.596. The standard InChI is InChI=1S/C22H28FN5/c23-19-8-4-5-9-20(19)27-14-16-28(17-15-27)21-11-13-25-22(26-21)24-12-10-18-6-2-1-3-7-18/h4-6,8-9,11,13H,1-3,7,10,12,14-17H2,(H,24,25,26). The van der Waals surface area contributed by atoms with Gasteiger partial charge in [-0.1, -0.05) is 23.8 Å². The highest BCUT2D eigenvalue weighted by molar-refractivity contribution is 5.51. The number of allylic oxidation sites excluding steroid dienone is 1. The topological polar surface area (TPSA) is 44.3 Å². The summed E-state index contributed by atoms with van der Waals surface area (Å²) in [6, 6.07) is 8.94. The van der Waals surface area contributed by atoms with Crippen molar-refractivity contribution in [1.82, 2.24) is 9.97 Å². The van der Waals surface area contributed by atoms with E-state index in [-0.39, 0.29) is 5.82 Å². The van der Waals surface area contributed by atoms with Gasteiger partial charge in [-0.2, -0.15) is 4.98 Å². The Bertz CT molecular complexity index is 814. The number of nitrogens with zero attached hydrogens (tertiary/aromatic N) is 4. The van der Waals surface area contributed by atoms with Crippen LogP contribution < -0.4 is 15.1 Å². The van der Waals surface area contributed by atoms with Crippen LogP contribution in [0.2, 0.25) is 0 Å². The first-order valence-electron chi connectivity index (χ1n) is 10.3. The Morgan fingerprint density at radius 3 is 2.61 bits per heavy atom. The number of benzene rings is 1. The lowest BCUT2D eigenvalue weighted by Crippen LogP contribution is -2.47. The fourth-order valence-corrected chi connectivity index (χ4v) is 3.96. The molecular formula is C22H28FN5. The minimum atomic E-state index is -0.155. The summed E-state index contributed by atoms with van der Waals surface area (Å²) >= 11 is 0. The zero-order valence-electron chi connectivity index (χ0n) is 16.3. The fourth-order valence-electron chi connectivity index (χ4n) is 3.96. The summed E-state index contributed by atoms with van der Waals surface area (Å²) in [5, 5.41) is 3.36. The Morgan fingerprint density at radius 1 is 1.00 bits per heavy atom. The molecule has 0 saturated carbocycles. The van der Waals surface area contributed by atoms with Crippen LogP contribution in [0.3, 0.4) is 0 Å². The van der Waals surface area contributed by atoms with Gasteiger partial charge in [0.25, 0.3) is 0 Å². The number of hydrogen-bond acceptors (Lipinski definition) is 5. The first-order chi connectivity index (χ1) is 13.8. The minimum Gasteiger partial charge on any atom is -0.366 e. The highest BCUT2D eigenvalue weighted by Gasteiger charge is 2.20. The second-order valence-electron chi connectivity index (χ2n) is 7.45. The predicted octanol–water partition coefficient (Wildman–Crippen LogP) is 4.24. The first-order valence-corrected chi connectivity index (χ1v) is 10.3. The van der Waals surface area contributed by atoms with Gasteiger partial charge in [0, 0.05) is 38.9 Å². The Balaban J connectivity index is 1.31. The molecule has 1 aromatic carbocycles. The van der Waals surface area contributed by atoms with Crippen LogP contribution >= 0.6 is 0 Å². The lowest BCUT2D eigenvalue weighted by Gasteiger charge is -2.36. The summed E-state index contributed by atoms with van der Waals surface area (Å²) in [5.74, 6) is 1.46. The van der Waals surface area contributed by atoms with Gasteiger partial charge >= 0.3 is 0 Å². The summed E-state index contributed by atoms with van der Waals surface area (Å²) in [7, 11) is 0. The maximum absolute atomic E-state index is 14.0. The van der Waals surface area contributed by atoms with E-state index < -0.39 is 0 Å². The van der Waals surface area contributed by atoms with E-state index >= 15 is 0 Å². The van der Waals surface area contributed by atoms with Gasteiger partial charge in [-0.15, -0.1) is 0 Å². The number of rotatable bonds is 6. The molecule has 1 fully saturated rings. The fraction of sp³-hybridized carbons (Fsp3) is 0.455. The number of nitrogens with one attached hydrogen (secondary N) is 1. The van der Waals surface area contributed by atoms with Crippen LogP contribution in [0.1, 0.15) is 32.1 Å². The van der Waals surface area contributed by atoms with Crippen LogP contribution in [-0.4, -0.2) is 42.7 Å². The van der Waals surface area contributed by atoms with Crippen molar-refractivity contribution in [1.29, 1.82) is 0 Å². The maximum atomic E-state index is 14.0. The molecule has 6 heteroatoms. The molecule has 0 spiro atoms. The zero-order valence-corrected chi connectivity index (χ0v) is 16.3. The quantitative estimate of drug-likeness (QED) is 0.758. The van der Waals surface area contributed by atoms with E-state index in [0.29, 0.717) is 11.6 Å². The van der Waals surface area contributed by atoms with Gasteiger partial charge in [0.05, 0.1) is 5.69 Å². The zero-order chi connectivity index (χ0) is 19.2. The Kier molecular flexibility index (Phi) is 6.04. The molecule has 5 nitrogen and oxygen atoms in total. The van der Waals surface area contributed by atoms with Gasteiger partial charge in [-0.05, 0) is 50.3 Å². The van der Waals surface area contributed by atoms with Crippen LogP contribution in [0, 0.1) is 5.82 Å². The second kappa shape index (κ2) is 9.04. The average molecular weight is 381 g/mol. The predicted molar refractivity (Wildman–Crippen MR) is 113 cm³/mol. The van der Waals surface area contributed by atoms with Crippen molar-refractivity contribution in [2.24, 2.45) is 0 Å². The Hall–Kier alpha value is -2.63. The third-order valence-electron chi connectivity index (χ3n) is 5.55. The van der Waals surface area contributed by atoms with Gasteiger partial charge in [0.15, 0.2) is 0 Å². The number of para-hydroxylation sites is 1. The Labute approximate surface area is 166 Å². The van der Waals surface area contributed by atoms with Gasteiger partial charge < -0.3 is 15.1 Å². The van der Waals surface area contributed by atoms with Crippen molar-refractivity contribution in [2.45, 2.75) is 32.1 Å². The molecule has 2 aromatic rings. The molecule has 2 aliphatic rings. The van der Waals surface area contributed by atoms with E-state index in [1.165, 1.54) is 31.7 Å². The number of hydrogen-bond donors (Lipinski definition) is 1. The highest BCUT2D eigenvalue weighted by atomic mass is 19.1. The molecule has 28 heavy (non-hydrogen) atoms. The van der Waals surface area contributed by atoms with E-state index in [9.17, 15) is 4.39 Å². The largest absolute Gasteiger partial charge is 0.366 e. The van der Waals surface area contributed by atoms with Gasteiger partial charge in [0.1, 0.15) is 11.6 Å². The number of anilines is 3. The van der Waals surface area contributed by atoms with E-state index in [1.807, 2.05) is 24.4 Å². The van der Waals surface area contributed by atoms with Crippen molar-refractivity contribution in [3.63, 3.8) is 0 Å². The summed E-state index contributed by atoms with van der Waals surface area (Å²) in [6.45, 7) is 4.06. The number of aromatic nitrogens is 2. The molecular weight excluding hydrogens is 353 g/mol. The number of halogens is 1. The van der Waals surface area contributed by atoms with Crippen molar-refractivity contribution < 1.29 is 4.39 Å². The second-order valence-corrected chi connectivity index (χ2v) is 7.45. The normalized spacial score (nSPS) is 17.4. The number of piperazine rings is 1. The van der Waals surface area contributed by atoms with E-state index in [0.717, 1.165) is 45.0 Å². The highest BCUT2D eigenvalue weighted by Crippen LogP contribution is 2.23. The van der Waals surface area contributed by atoms with Gasteiger partial charge in [-0.25, -0.2) is 9.37 Å². The molecule has 1 N–H and O–H groups in total. The molecule has 0 atom stereocenters. The summed E-state index contributed by atoms with van der Waals surface area (Å²) in [5.41, 5.74) is 2.24. The molecule has 4 rings (SSSR count). The molecule has 1 saturated heterocycles. The lowest BCUT2D eigenvalue weighted by atomic mass is 9.97. The molecule has 0 amide bonds. The molecule has 0 radical (unpaired) electrons. The summed E-state index contributed by atoms with van der Waals surface area (Å²) in [4.78, 5) is 13.4. The molecule has 1 aliphatic heterocycles. The van der Waals surface area contributed by atoms with Crippen molar-refractivity contribution >= 4 is 17.5 Å². The minimum absolute atomic E-state index is 0.155. The smallest absolute Gasteiger partial charge is 0.224 e. The molecule has 1 aromatic heterocycles. The molecule has 0 unspecified atom stereocenters. The van der Waals surface area contributed by atoms with Crippen LogP contribution in [0.5, 0.6) is 0 Å². The van der Waals surface area contributed by atoms with Crippen LogP contribution in [0.25, 0.3) is 0 Å². The SMILES string of the molecule is Fc1ccccc1N1CCN(c2ccnc(NCCC3=CCCCC3)n2)CC1. The van der Waals surface area contributed by atoms with Crippen LogP contribution in [0.4, 0.5) is 21.8 Å². The third-order valence-corrected chi connectivity index (χ3v) is 5.55. The third kappa shape index (κ3) is 4.61. The van der Waals surface area contributed by atoms with E-state index in [2.05, 4.69) is 31.2 Å². The van der Waals surface area contributed by atoms with Crippen molar-refractivity contribution in [3.05, 3.63) is 54.0 Å². The van der Waals surface area contributed by atoms with Gasteiger partial charge in [-0.3, -0.25) is 0 Å². The van der Waals surface area contributed by atoms with E-state index in [4.69, 9.17) is 0 Å². The van der Waals surface area contributed by atoms with Gasteiger partial charge in [0.2, 0.25) is 5.95 Å². The van der Waals surface area contributed by atoms with E-state index in [1.54, 1.807) is 11.6 Å². The molecule has 1 aliphatic carbocycles. The monoisotopic (exact) mass is 381 g/mol. The first kappa shape index (κ1) is 18.7.